The molecule has 1 aromatic rings. The third kappa shape index (κ3) is 2.32. The van der Waals surface area contributed by atoms with Crippen LogP contribution in [0.15, 0.2) is 24.3 Å². The van der Waals surface area contributed by atoms with Crippen LogP contribution >= 0.6 is 0 Å². The number of rotatable bonds is 2. The Morgan fingerprint density at radius 3 is 3.11 bits per heavy atom. The van der Waals surface area contributed by atoms with Gasteiger partial charge in [0.25, 0.3) is 0 Å². The number of likely N-dealkylation sites (tertiary alicyclic amines) is 1. The van der Waals surface area contributed by atoms with E-state index < -0.39 is 0 Å². The first kappa shape index (κ1) is 12.5. The van der Waals surface area contributed by atoms with Crippen LogP contribution in [0.3, 0.4) is 0 Å². The van der Waals surface area contributed by atoms with Crippen LogP contribution in [0.1, 0.15) is 18.4 Å². The number of nitrogens with one attached hydrogen (secondary N) is 1. The molecule has 0 aliphatic carbocycles. The number of benzene rings is 1. The maximum Gasteiger partial charge on any atom is 0.228 e. The summed E-state index contributed by atoms with van der Waals surface area (Å²) in [5, 5.41) is 12.7. The maximum atomic E-state index is 12.6. The minimum absolute atomic E-state index is 0.00190. The van der Waals surface area contributed by atoms with Crippen LogP contribution in [0.25, 0.3) is 0 Å². The van der Waals surface area contributed by atoms with Crippen LogP contribution in [0, 0.1) is 5.92 Å². The molecule has 4 nitrogen and oxygen atoms in total. The number of nitrogens with zero attached hydrogens (tertiary/aromatic N) is 1. The van der Waals surface area contributed by atoms with Gasteiger partial charge in [-0.15, -0.1) is 0 Å². The Balaban J connectivity index is 1.72. The lowest BCUT2D eigenvalue weighted by molar-refractivity contribution is -0.136. The summed E-state index contributed by atoms with van der Waals surface area (Å²) in [6, 6.07) is 8.19. The quantitative estimate of drug-likeness (QED) is 0.841. The topological polar surface area (TPSA) is 52.6 Å². The van der Waals surface area contributed by atoms with E-state index in [0.29, 0.717) is 6.54 Å². The van der Waals surface area contributed by atoms with Crippen molar-refractivity contribution in [2.24, 2.45) is 5.92 Å². The molecule has 2 atom stereocenters. The van der Waals surface area contributed by atoms with Crippen LogP contribution in [-0.2, 0) is 11.2 Å². The molecular weight excluding hydrogens is 240 g/mol. The molecule has 1 fully saturated rings. The molecule has 4 heteroatoms. The summed E-state index contributed by atoms with van der Waals surface area (Å²) in [6.45, 7) is 1.58. The van der Waals surface area contributed by atoms with Crippen molar-refractivity contribution < 1.29 is 9.90 Å². The average Bonchev–Trinajstić information content (AvgIpc) is 2.94. The first-order valence-corrected chi connectivity index (χ1v) is 7.02. The molecule has 2 N–H and O–H groups in total. The summed E-state index contributed by atoms with van der Waals surface area (Å²) in [7, 11) is 0. The lowest BCUT2D eigenvalue weighted by Gasteiger charge is -2.31. The zero-order chi connectivity index (χ0) is 13.2. The average molecular weight is 260 g/mol. The minimum Gasteiger partial charge on any atom is -0.394 e. The van der Waals surface area contributed by atoms with E-state index in [1.54, 1.807) is 0 Å². The smallest absolute Gasteiger partial charge is 0.228 e. The normalized spacial score (nSPS) is 25.8. The predicted molar refractivity (Wildman–Crippen MR) is 73.9 cm³/mol. The molecule has 0 saturated carbocycles. The van der Waals surface area contributed by atoms with Crippen LogP contribution in [0.2, 0.25) is 0 Å². The van der Waals surface area contributed by atoms with Crippen molar-refractivity contribution in [3.8, 4) is 0 Å². The third-order valence-electron chi connectivity index (χ3n) is 4.24. The summed E-state index contributed by atoms with van der Waals surface area (Å²) in [6.07, 6.45) is 2.74. The van der Waals surface area contributed by atoms with Gasteiger partial charge in [-0.1, -0.05) is 18.2 Å². The number of carbonyl (C=O) groups is 1. The van der Waals surface area contributed by atoms with E-state index in [4.69, 9.17) is 0 Å². The van der Waals surface area contributed by atoms with E-state index in [1.165, 1.54) is 5.56 Å². The van der Waals surface area contributed by atoms with Gasteiger partial charge < -0.3 is 15.3 Å². The Labute approximate surface area is 113 Å². The SMILES string of the molecule is O=C(C1CNc2ccccc2C1)N1CCC[C@@H]1CO. The third-order valence-corrected chi connectivity index (χ3v) is 4.24. The second-order valence-corrected chi connectivity index (χ2v) is 5.45. The van der Waals surface area contributed by atoms with Gasteiger partial charge in [-0.05, 0) is 30.9 Å². The maximum absolute atomic E-state index is 12.6. The molecule has 1 unspecified atom stereocenters. The number of hydrogen-bond acceptors (Lipinski definition) is 3. The fourth-order valence-corrected chi connectivity index (χ4v) is 3.17. The second-order valence-electron chi connectivity index (χ2n) is 5.45. The summed E-state index contributed by atoms with van der Waals surface area (Å²) in [4.78, 5) is 14.4. The number of aliphatic hydroxyl groups excluding tert-OH is 1. The van der Waals surface area contributed by atoms with E-state index in [2.05, 4.69) is 17.4 Å². The van der Waals surface area contributed by atoms with Crippen molar-refractivity contribution in [3.63, 3.8) is 0 Å². The summed E-state index contributed by atoms with van der Waals surface area (Å²) in [5.41, 5.74) is 2.36. The van der Waals surface area contributed by atoms with Gasteiger partial charge in [-0.3, -0.25) is 4.79 Å². The van der Waals surface area contributed by atoms with E-state index in [0.717, 1.165) is 31.5 Å². The van der Waals surface area contributed by atoms with E-state index in [-0.39, 0.29) is 24.5 Å². The zero-order valence-electron chi connectivity index (χ0n) is 11.0. The molecule has 1 aromatic carbocycles. The summed E-state index contributed by atoms with van der Waals surface area (Å²) < 4.78 is 0. The lowest BCUT2D eigenvalue weighted by Crippen LogP contribution is -2.44. The highest BCUT2D eigenvalue weighted by Gasteiger charge is 2.34. The molecule has 1 amide bonds. The fourth-order valence-electron chi connectivity index (χ4n) is 3.17. The van der Waals surface area contributed by atoms with Gasteiger partial charge in [0, 0.05) is 18.8 Å². The predicted octanol–water partition coefficient (Wildman–Crippen LogP) is 1.25. The molecule has 102 valence electrons. The Morgan fingerprint density at radius 2 is 2.26 bits per heavy atom. The molecule has 0 aromatic heterocycles. The molecule has 3 rings (SSSR count). The van der Waals surface area contributed by atoms with Gasteiger partial charge in [0.1, 0.15) is 0 Å². The molecular formula is C15H20N2O2. The monoisotopic (exact) mass is 260 g/mol. The number of para-hydroxylation sites is 1. The zero-order valence-corrected chi connectivity index (χ0v) is 11.0. The molecule has 19 heavy (non-hydrogen) atoms. The molecule has 0 spiro atoms. The van der Waals surface area contributed by atoms with Crippen molar-refractivity contribution in [1.29, 1.82) is 0 Å². The highest BCUT2D eigenvalue weighted by atomic mass is 16.3. The van der Waals surface area contributed by atoms with Gasteiger partial charge in [0.15, 0.2) is 0 Å². The Hall–Kier alpha value is -1.55. The van der Waals surface area contributed by atoms with Gasteiger partial charge in [0.2, 0.25) is 5.91 Å². The van der Waals surface area contributed by atoms with Crippen molar-refractivity contribution >= 4 is 11.6 Å². The number of amides is 1. The van der Waals surface area contributed by atoms with Crippen LogP contribution in [0.5, 0.6) is 0 Å². The second kappa shape index (κ2) is 5.21. The van der Waals surface area contributed by atoms with Crippen LogP contribution in [0.4, 0.5) is 5.69 Å². The van der Waals surface area contributed by atoms with Gasteiger partial charge >= 0.3 is 0 Å². The first-order chi connectivity index (χ1) is 9.29. The standard InChI is InChI=1S/C15H20N2O2/c18-10-13-5-3-7-17(13)15(19)12-8-11-4-1-2-6-14(11)16-9-12/h1-2,4,6,12-13,16,18H,3,5,7-10H2/t12?,13-/m1/s1. The molecule has 2 aliphatic heterocycles. The van der Waals surface area contributed by atoms with E-state index >= 15 is 0 Å². The highest BCUT2D eigenvalue weighted by Crippen LogP contribution is 2.27. The van der Waals surface area contributed by atoms with E-state index in [1.807, 2.05) is 17.0 Å². The fraction of sp³-hybridized carbons (Fsp3) is 0.533. The van der Waals surface area contributed by atoms with Crippen molar-refractivity contribution in [3.05, 3.63) is 29.8 Å². The number of fused-ring (bicyclic) bond motifs is 1. The van der Waals surface area contributed by atoms with Crippen molar-refractivity contribution in [1.82, 2.24) is 4.90 Å². The largest absolute Gasteiger partial charge is 0.394 e. The van der Waals surface area contributed by atoms with Gasteiger partial charge in [-0.2, -0.15) is 0 Å². The Bertz CT molecular complexity index is 475. The Morgan fingerprint density at radius 1 is 1.42 bits per heavy atom. The minimum atomic E-state index is 0.00190. The summed E-state index contributed by atoms with van der Waals surface area (Å²) >= 11 is 0. The molecule has 2 aliphatic rings. The Kier molecular flexibility index (Phi) is 3.42. The molecule has 1 saturated heterocycles. The number of anilines is 1. The molecule has 2 heterocycles. The first-order valence-electron chi connectivity index (χ1n) is 7.02. The van der Waals surface area contributed by atoms with Gasteiger partial charge in [0.05, 0.1) is 18.6 Å². The van der Waals surface area contributed by atoms with Gasteiger partial charge in [-0.25, -0.2) is 0 Å². The van der Waals surface area contributed by atoms with Crippen LogP contribution in [-0.4, -0.2) is 41.7 Å². The number of aliphatic hydroxyl groups is 1. The summed E-state index contributed by atoms with van der Waals surface area (Å²) in [5.74, 6) is 0.195. The number of hydrogen-bond donors (Lipinski definition) is 2. The van der Waals surface area contributed by atoms with Crippen molar-refractivity contribution in [2.45, 2.75) is 25.3 Å². The van der Waals surface area contributed by atoms with Crippen LogP contribution < -0.4 is 5.32 Å². The lowest BCUT2D eigenvalue weighted by atomic mass is 9.92. The van der Waals surface area contributed by atoms with Crippen molar-refractivity contribution in [2.75, 3.05) is 25.0 Å². The molecule has 0 bridgehead atoms. The van der Waals surface area contributed by atoms with E-state index in [9.17, 15) is 9.90 Å². The highest BCUT2D eigenvalue weighted by molar-refractivity contribution is 5.81. The molecule has 0 radical (unpaired) electrons. The number of carbonyl (C=O) groups excluding carboxylic acids is 1.